The number of alkyl halides is 2. The largest absolute Gasteiger partial charge is 0.364 e. The highest BCUT2D eigenvalue weighted by Crippen LogP contribution is 2.25. The van der Waals surface area contributed by atoms with Crippen LogP contribution in [-0.4, -0.2) is 10.9 Å². The van der Waals surface area contributed by atoms with Gasteiger partial charge in [-0.1, -0.05) is 0 Å². The van der Waals surface area contributed by atoms with E-state index >= 15 is 0 Å². The highest BCUT2D eigenvalue weighted by atomic mass is 127. The van der Waals surface area contributed by atoms with Gasteiger partial charge in [0.25, 0.3) is 12.3 Å². The zero-order chi connectivity index (χ0) is 10.9. The molecule has 0 saturated carbocycles. The molecule has 1 aromatic heterocycles. The fraction of sp³-hybridized carbons (Fsp3) is 0.250. The summed E-state index contributed by atoms with van der Waals surface area (Å²) in [6.07, 6.45) is -2.62. The van der Waals surface area contributed by atoms with Crippen molar-refractivity contribution in [1.82, 2.24) is 4.98 Å². The van der Waals surface area contributed by atoms with Crippen LogP contribution in [0, 0.1) is 10.6 Å². The van der Waals surface area contributed by atoms with E-state index in [4.69, 9.17) is 5.73 Å². The van der Waals surface area contributed by atoms with E-state index in [0.717, 1.165) is 6.07 Å². The van der Waals surface area contributed by atoms with Crippen LogP contribution in [0.4, 0.5) is 8.78 Å². The average Bonchev–Trinajstić information content (AvgIpc) is 2.08. The summed E-state index contributed by atoms with van der Waals surface area (Å²) in [5.74, 6) is -0.801. The van der Waals surface area contributed by atoms with Crippen molar-refractivity contribution in [3.63, 3.8) is 0 Å². The molecule has 2 N–H and O–H groups in total. The van der Waals surface area contributed by atoms with Crippen LogP contribution in [0.15, 0.2) is 6.07 Å². The molecule has 1 amide bonds. The Balaban J connectivity index is 3.35. The minimum absolute atomic E-state index is 0.129. The maximum Gasteiger partial charge on any atom is 0.267 e. The molecule has 76 valence electrons. The van der Waals surface area contributed by atoms with Gasteiger partial charge in [0.15, 0.2) is 0 Å². The lowest BCUT2D eigenvalue weighted by molar-refractivity contribution is 0.0994. The van der Waals surface area contributed by atoms with E-state index in [-0.39, 0.29) is 11.3 Å². The van der Waals surface area contributed by atoms with Gasteiger partial charge in [-0.3, -0.25) is 4.79 Å². The van der Waals surface area contributed by atoms with Crippen LogP contribution in [0.25, 0.3) is 0 Å². The Morgan fingerprint density at radius 1 is 1.64 bits per heavy atom. The highest BCUT2D eigenvalue weighted by Gasteiger charge is 2.16. The Kier molecular flexibility index (Phi) is 3.35. The molecule has 0 atom stereocenters. The zero-order valence-corrected chi connectivity index (χ0v) is 9.38. The normalized spacial score (nSPS) is 10.6. The molecule has 0 spiro atoms. The van der Waals surface area contributed by atoms with Crippen LogP contribution in [0.1, 0.15) is 28.0 Å². The van der Waals surface area contributed by atoms with Crippen molar-refractivity contribution in [2.24, 2.45) is 5.73 Å². The van der Waals surface area contributed by atoms with Crippen molar-refractivity contribution in [2.75, 3.05) is 0 Å². The minimum Gasteiger partial charge on any atom is -0.364 e. The van der Waals surface area contributed by atoms with Gasteiger partial charge in [0.05, 0.1) is 0 Å². The number of rotatable bonds is 2. The molecule has 0 aliphatic rings. The highest BCUT2D eigenvalue weighted by molar-refractivity contribution is 14.1. The molecule has 0 aliphatic carbocycles. The standard InChI is InChI=1S/C8H7F2IN2O/c1-3-4(6(9)10)2-5(8(12)14)13-7(3)11/h2,6H,1H3,(H2,12,14). The van der Waals surface area contributed by atoms with E-state index in [1.807, 2.05) is 0 Å². The van der Waals surface area contributed by atoms with E-state index < -0.39 is 12.3 Å². The number of nitrogens with zero attached hydrogens (tertiary/aromatic N) is 1. The number of halogens is 3. The van der Waals surface area contributed by atoms with Gasteiger partial charge in [-0.05, 0) is 41.1 Å². The van der Waals surface area contributed by atoms with Crippen LogP contribution >= 0.6 is 22.6 Å². The third kappa shape index (κ3) is 2.17. The van der Waals surface area contributed by atoms with Crippen LogP contribution in [0.3, 0.4) is 0 Å². The Bertz CT molecular complexity index is 382. The number of amides is 1. The van der Waals surface area contributed by atoms with Gasteiger partial charge in [-0.2, -0.15) is 0 Å². The molecule has 14 heavy (non-hydrogen) atoms. The lowest BCUT2D eigenvalue weighted by atomic mass is 10.1. The average molecular weight is 312 g/mol. The summed E-state index contributed by atoms with van der Waals surface area (Å²) < 4.78 is 25.3. The first-order chi connectivity index (χ1) is 6.43. The second-order valence-corrected chi connectivity index (χ2v) is 3.70. The van der Waals surface area contributed by atoms with E-state index in [2.05, 4.69) is 4.98 Å². The van der Waals surface area contributed by atoms with Crippen molar-refractivity contribution >= 4 is 28.5 Å². The Hall–Kier alpha value is -0.790. The number of aromatic nitrogens is 1. The van der Waals surface area contributed by atoms with Gasteiger partial charge in [0, 0.05) is 5.56 Å². The monoisotopic (exact) mass is 312 g/mol. The van der Waals surface area contributed by atoms with E-state index in [9.17, 15) is 13.6 Å². The Morgan fingerprint density at radius 2 is 2.21 bits per heavy atom. The van der Waals surface area contributed by atoms with Crippen molar-refractivity contribution < 1.29 is 13.6 Å². The van der Waals surface area contributed by atoms with Crippen molar-refractivity contribution in [3.05, 3.63) is 26.6 Å². The molecule has 0 aromatic carbocycles. The van der Waals surface area contributed by atoms with E-state index in [0.29, 0.717) is 9.26 Å². The van der Waals surface area contributed by atoms with Crippen molar-refractivity contribution in [2.45, 2.75) is 13.3 Å². The molecule has 0 aliphatic heterocycles. The van der Waals surface area contributed by atoms with Gasteiger partial charge in [-0.25, -0.2) is 13.8 Å². The molecular weight excluding hydrogens is 305 g/mol. The minimum atomic E-state index is -2.62. The summed E-state index contributed by atoms with van der Waals surface area (Å²) in [5, 5.41) is 0. The second kappa shape index (κ2) is 4.16. The lowest BCUT2D eigenvalue weighted by Crippen LogP contribution is -2.15. The molecule has 0 unspecified atom stereocenters. The van der Waals surface area contributed by atoms with Crippen LogP contribution < -0.4 is 5.73 Å². The topological polar surface area (TPSA) is 56.0 Å². The predicted octanol–water partition coefficient (Wildman–Crippen LogP) is 2.03. The first-order valence-electron chi connectivity index (χ1n) is 3.68. The third-order valence-electron chi connectivity index (χ3n) is 1.74. The molecule has 0 fully saturated rings. The predicted molar refractivity (Wildman–Crippen MR) is 55.2 cm³/mol. The number of nitrogens with two attached hydrogens (primary N) is 1. The fourth-order valence-electron chi connectivity index (χ4n) is 0.949. The molecule has 0 bridgehead atoms. The van der Waals surface area contributed by atoms with Gasteiger partial charge >= 0.3 is 0 Å². The molecule has 1 heterocycles. The number of hydrogen-bond acceptors (Lipinski definition) is 2. The molecule has 6 heteroatoms. The van der Waals surface area contributed by atoms with Gasteiger partial charge in [0.1, 0.15) is 9.39 Å². The molecule has 1 aromatic rings. The van der Waals surface area contributed by atoms with E-state index in [1.54, 1.807) is 22.6 Å². The van der Waals surface area contributed by atoms with Gasteiger partial charge in [-0.15, -0.1) is 0 Å². The smallest absolute Gasteiger partial charge is 0.267 e. The number of hydrogen-bond donors (Lipinski definition) is 1. The fourth-order valence-corrected chi connectivity index (χ4v) is 1.52. The quantitative estimate of drug-likeness (QED) is 0.671. The van der Waals surface area contributed by atoms with E-state index in [1.165, 1.54) is 6.92 Å². The third-order valence-corrected chi connectivity index (χ3v) is 2.79. The lowest BCUT2D eigenvalue weighted by Gasteiger charge is -2.07. The number of primary amides is 1. The first-order valence-corrected chi connectivity index (χ1v) is 4.76. The second-order valence-electron chi connectivity index (χ2n) is 2.68. The molecule has 3 nitrogen and oxygen atoms in total. The summed E-state index contributed by atoms with van der Waals surface area (Å²) in [6, 6.07) is 1.03. The Labute approximate surface area is 92.8 Å². The maximum absolute atomic E-state index is 12.5. The molecule has 0 radical (unpaired) electrons. The summed E-state index contributed by atoms with van der Waals surface area (Å²) >= 11 is 1.79. The summed E-state index contributed by atoms with van der Waals surface area (Å²) in [7, 11) is 0. The summed E-state index contributed by atoms with van der Waals surface area (Å²) in [6.45, 7) is 1.53. The van der Waals surface area contributed by atoms with Crippen molar-refractivity contribution in [3.8, 4) is 0 Å². The summed E-state index contributed by atoms with van der Waals surface area (Å²) in [4.78, 5) is 14.5. The van der Waals surface area contributed by atoms with Gasteiger partial charge in [0.2, 0.25) is 0 Å². The van der Waals surface area contributed by atoms with Crippen LogP contribution in [-0.2, 0) is 0 Å². The maximum atomic E-state index is 12.5. The Morgan fingerprint density at radius 3 is 2.64 bits per heavy atom. The SMILES string of the molecule is Cc1c(C(F)F)cc(C(N)=O)nc1I. The van der Waals surface area contributed by atoms with Crippen molar-refractivity contribution in [1.29, 1.82) is 0 Å². The van der Waals surface area contributed by atoms with Crippen LogP contribution in [0.5, 0.6) is 0 Å². The van der Waals surface area contributed by atoms with Gasteiger partial charge < -0.3 is 5.73 Å². The first kappa shape index (κ1) is 11.3. The van der Waals surface area contributed by atoms with Crippen LogP contribution in [0.2, 0.25) is 0 Å². The number of pyridine rings is 1. The molecule has 1 rings (SSSR count). The number of carbonyl (C=O) groups is 1. The number of carbonyl (C=O) groups excluding carboxylic acids is 1. The summed E-state index contributed by atoms with van der Waals surface area (Å²) in [5.41, 5.74) is 5.01. The molecular formula is C8H7F2IN2O. The molecule has 0 saturated heterocycles. The zero-order valence-electron chi connectivity index (χ0n) is 7.22.